The van der Waals surface area contributed by atoms with Gasteiger partial charge in [0.1, 0.15) is 0 Å². The highest BCUT2D eigenvalue weighted by atomic mass is 35.5. The predicted octanol–water partition coefficient (Wildman–Crippen LogP) is 5.78. The maximum absolute atomic E-state index is 6.02. The number of fused-ring (bicyclic) bond motifs is 3. The van der Waals surface area contributed by atoms with E-state index in [1.54, 1.807) is 4.80 Å². The lowest BCUT2D eigenvalue weighted by Gasteiger charge is -2.39. The Morgan fingerprint density at radius 3 is 2.33 bits per heavy atom. The van der Waals surface area contributed by atoms with Gasteiger partial charge in [0, 0.05) is 29.2 Å². The molecule has 8 nitrogen and oxygen atoms in total. The molecular weight excluding hydrogens is 524 g/mol. The molecule has 0 amide bonds. The van der Waals surface area contributed by atoms with Crippen molar-refractivity contribution in [1.82, 2.24) is 25.1 Å². The van der Waals surface area contributed by atoms with Crippen LogP contribution in [0.3, 0.4) is 0 Å². The van der Waals surface area contributed by atoms with Crippen molar-refractivity contribution in [3.8, 4) is 22.9 Å². The first-order valence-corrected chi connectivity index (χ1v) is 14.7. The molecule has 2 fully saturated rings. The van der Waals surface area contributed by atoms with Crippen LogP contribution in [0.25, 0.3) is 11.4 Å². The summed E-state index contributed by atoms with van der Waals surface area (Å²) in [5, 5.41) is 13.4. The molecule has 2 aromatic carbocycles. The fourth-order valence-corrected chi connectivity index (χ4v) is 6.47. The maximum Gasteiger partial charge on any atom is 0.204 e. The van der Waals surface area contributed by atoms with Crippen LogP contribution in [-0.2, 0) is 6.54 Å². The number of hydrogen-bond acceptors (Lipinski definition) is 7. The first-order chi connectivity index (χ1) is 19.1. The molecule has 2 unspecified atom stereocenters. The Balaban J connectivity index is 0.00000323. The number of likely N-dealkylation sites (tertiary alicyclic amines) is 1. The fraction of sp³-hybridized carbons (Fsp3) is 0.548. The van der Waals surface area contributed by atoms with Gasteiger partial charge in [-0.3, -0.25) is 4.99 Å². The molecule has 3 aliphatic rings. The van der Waals surface area contributed by atoms with Crippen molar-refractivity contribution in [1.29, 1.82) is 0 Å². The summed E-state index contributed by atoms with van der Waals surface area (Å²) in [6.45, 7) is 8.14. The number of benzene rings is 2. The number of aromatic nitrogens is 4. The molecule has 0 radical (unpaired) electrons. The minimum absolute atomic E-state index is 0. The normalized spacial score (nSPS) is 21.1. The van der Waals surface area contributed by atoms with Gasteiger partial charge in [0.15, 0.2) is 11.5 Å². The van der Waals surface area contributed by atoms with Crippen molar-refractivity contribution in [2.24, 2.45) is 10.9 Å². The Morgan fingerprint density at radius 1 is 0.900 bits per heavy atom. The Labute approximate surface area is 243 Å². The summed E-state index contributed by atoms with van der Waals surface area (Å²) in [5.41, 5.74) is 5.55. The maximum atomic E-state index is 6.02. The molecule has 9 heteroatoms. The summed E-state index contributed by atoms with van der Waals surface area (Å²) in [5.74, 6) is 3.30. The van der Waals surface area contributed by atoms with Crippen molar-refractivity contribution in [2.75, 3.05) is 33.4 Å². The third-order valence-corrected chi connectivity index (χ3v) is 8.46. The standard InChI is InChI=1S/C31H40N6O2.ClH/c1-4-38-28-17-24-25(18-29(28)39-5-2)30(32-27-15-16-36(3)20-26(24)27)22-11-13-23(14-12-22)31-33-35-37(34-31)19-21-9-7-6-8-10-21;/h11-14,17-18,21,26-27H,4-10,15-16,19-20H2,1-3H3;1H. The zero-order chi connectivity index (χ0) is 26.8. The molecule has 0 spiro atoms. The van der Waals surface area contributed by atoms with E-state index in [1.165, 1.54) is 37.7 Å². The molecule has 3 heterocycles. The average molecular weight is 565 g/mol. The summed E-state index contributed by atoms with van der Waals surface area (Å²) in [7, 11) is 2.20. The van der Waals surface area contributed by atoms with Gasteiger partial charge in [-0.2, -0.15) is 4.80 Å². The zero-order valence-electron chi connectivity index (χ0n) is 23.9. The van der Waals surface area contributed by atoms with E-state index in [0.29, 0.717) is 30.9 Å². The van der Waals surface area contributed by atoms with Gasteiger partial charge < -0.3 is 14.4 Å². The van der Waals surface area contributed by atoms with Crippen molar-refractivity contribution in [3.63, 3.8) is 0 Å². The van der Waals surface area contributed by atoms with E-state index >= 15 is 0 Å². The monoisotopic (exact) mass is 564 g/mol. The zero-order valence-corrected chi connectivity index (χ0v) is 24.7. The van der Waals surface area contributed by atoms with Crippen molar-refractivity contribution in [2.45, 2.75) is 70.9 Å². The number of rotatable bonds is 8. The van der Waals surface area contributed by atoms with Crippen LogP contribution in [0.2, 0.25) is 0 Å². The van der Waals surface area contributed by atoms with E-state index in [-0.39, 0.29) is 18.4 Å². The van der Waals surface area contributed by atoms with Crippen molar-refractivity contribution >= 4 is 18.1 Å². The Morgan fingerprint density at radius 2 is 1.60 bits per heavy atom. The highest BCUT2D eigenvalue weighted by molar-refractivity contribution is 6.15. The average Bonchev–Trinajstić information content (AvgIpc) is 3.42. The van der Waals surface area contributed by atoms with Crippen LogP contribution in [-0.4, -0.2) is 70.2 Å². The molecule has 0 bridgehead atoms. The van der Waals surface area contributed by atoms with E-state index in [9.17, 15) is 0 Å². The Hall–Kier alpha value is -2.97. The first kappa shape index (κ1) is 28.6. The van der Waals surface area contributed by atoms with Gasteiger partial charge in [0.25, 0.3) is 0 Å². The molecule has 1 saturated carbocycles. The molecule has 1 saturated heterocycles. The third kappa shape index (κ3) is 5.88. The lowest BCUT2D eigenvalue weighted by atomic mass is 9.79. The summed E-state index contributed by atoms with van der Waals surface area (Å²) < 4.78 is 12.0. The number of hydrogen-bond donors (Lipinski definition) is 0. The molecule has 3 aromatic rings. The minimum atomic E-state index is 0. The van der Waals surface area contributed by atoms with Gasteiger partial charge >= 0.3 is 0 Å². The highest BCUT2D eigenvalue weighted by Gasteiger charge is 2.36. The highest BCUT2D eigenvalue weighted by Crippen LogP contribution is 2.42. The summed E-state index contributed by atoms with van der Waals surface area (Å²) in [4.78, 5) is 9.54. The largest absolute Gasteiger partial charge is 0.490 e. The van der Waals surface area contributed by atoms with Gasteiger partial charge in [-0.1, -0.05) is 43.5 Å². The Kier molecular flexibility index (Phi) is 9.06. The quantitative estimate of drug-likeness (QED) is 0.345. The molecule has 2 atom stereocenters. The molecule has 2 aliphatic heterocycles. The second-order valence-corrected chi connectivity index (χ2v) is 11.2. The number of piperidine rings is 1. The van der Waals surface area contributed by atoms with E-state index in [4.69, 9.17) is 19.6 Å². The molecule has 1 aromatic heterocycles. The summed E-state index contributed by atoms with van der Waals surface area (Å²) in [6, 6.07) is 13.1. The van der Waals surface area contributed by atoms with Crippen LogP contribution in [0.4, 0.5) is 0 Å². The van der Waals surface area contributed by atoms with Crippen LogP contribution in [0.1, 0.15) is 75.0 Å². The van der Waals surface area contributed by atoms with Gasteiger partial charge in [-0.25, -0.2) is 0 Å². The lowest BCUT2D eigenvalue weighted by Crippen LogP contribution is -2.41. The topological polar surface area (TPSA) is 77.7 Å². The molecule has 0 N–H and O–H groups in total. The molecule has 1 aliphatic carbocycles. The number of ether oxygens (including phenoxy) is 2. The predicted molar refractivity (Wildman–Crippen MR) is 160 cm³/mol. The van der Waals surface area contributed by atoms with Crippen LogP contribution in [0.15, 0.2) is 41.4 Å². The van der Waals surface area contributed by atoms with E-state index in [2.05, 4.69) is 58.7 Å². The van der Waals surface area contributed by atoms with Crippen LogP contribution >= 0.6 is 12.4 Å². The van der Waals surface area contributed by atoms with Gasteiger partial charge in [-0.15, -0.1) is 22.6 Å². The van der Waals surface area contributed by atoms with Gasteiger partial charge in [0.05, 0.1) is 31.5 Å². The SMILES string of the molecule is CCOc1cc2c(cc1OCC)C1CN(C)CCC1N=C2c1ccc(-c2nnn(CC3CCCCC3)n2)cc1.Cl. The molecular formula is C31H41ClN6O2. The fourth-order valence-electron chi connectivity index (χ4n) is 6.47. The number of tetrazole rings is 1. The number of likely N-dealkylation sites (N-methyl/N-ethyl adjacent to an activating group) is 1. The van der Waals surface area contributed by atoms with Crippen LogP contribution in [0.5, 0.6) is 11.5 Å². The molecule has 214 valence electrons. The summed E-state index contributed by atoms with van der Waals surface area (Å²) >= 11 is 0. The summed E-state index contributed by atoms with van der Waals surface area (Å²) in [6.07, 6.45) is 7.58. The van der Waals surface area contributed by atoms with Crippen molar-refractivity contribution < 1.29 is 9.47 Å². The second-order valence-electron chi connectivity index (χ2n) is 11.2. The van der Waals surface area contributed by atoms with Gasteiger partial charge in [0.2, 0.25) is 5.82 Å². The lowest BCUT2D eigenvalue weighted by molar-refractivity contribution is 0.226. The van der Waals surface area contributed by atoms with E-state index < -0.39 is 0 Å². The van der Waals surface area contributed by atoms with Crippen molar-refractivity contribution in [3.05, 3.63) is 53.1 Å². The number of aliphatic imine (C=N–C) groups is 1. The first-order valence-electron chi connectivity index (χ1n) is 14.7. The molecule has 40 heavy (non-hydrogen) atoms. The van der Waals surface area contributed by atoms with E-state index in [0.717, 1.165) is 60.0 Å². The smallest absolute Gasteiger partial charge is 0.204 e. The van der Waals surface area contributed by atoms with Gasteiger partial charge in [-0.05, 0) is 75.5 Å². The second kappa shape index (κ2) is 12.7. The minimum Gasteiger partial charge on any atom is -0.490 e. The number of nitrogens with zero attached hydrogens (tertiary/aromatic N) is 6. The van der Waals surface area contributed by atoms with Crippen LogP contribution < -0.4 is 9.47 Å². The van der Waals surface area contributed by atoms with E-state index in [1.807, 2.05) is 13.8 Å². The van der Waals surface area contributed by atoms with Crippen LogP contribution in [0, 0.1) is 5.92 Å². The number of halogens is 1. The molecule has 6 rings (SSSR count). The third-order valence-electron chi connectivity index (χ3n) is 8.46. The Bertz CT molecular complexity index is 1320.